The fraction of sp³-hybridized carbons (Fsp3) is 0.143. The Bertz CT molecular complexity index is 617. The zero-order valence-electron chi connectivity index (χ0n) is 10.2. The van der Waals surface area contributed by atoms with E-state index >= 15 is 0 Å². The second kappa shape index (κ2) is 6.04. The average Bonchev–Trinajstić information content (AvgIpc) is 2.37. The van der Waals surface area contributed by atoms with Crippen LogP contribution in [0.3, 0.4) is 0 Å². The highest BCUT2D eigenvalue weighted by atomic mass is 79.9. The molecule has 0 aliphatic rings. The fourth-order valence-electron chi connectivity index (χ4n) is 1.67. The van der Waals surface area contributed by atoms with Gasteiger partial charge in [0.2, 0.25) is 0 Å². The van der Waals surface area contributed by atoms with E-state index in [4.69, 9.17) is 23.2 Å². The molecule has 0 spiro atoms. The smallest absolute Gasteiger partial charge is 0.134 e. The van der Waals surface area contributed by atoms with E-state index < -0.39 is 0 Å². The van der Waals surface area contributed by atoms with Gasteiger partial charge in [0.25, 0.3) is 0 Å². The number of hydrogen-bond donors (Lipinski definition) is 2. The predicted molar refractivity (Wildman–Crippen MR) is 84.3 cm³/mol. The summed E-state index contributed by atoms with van der Waals surface area (Å²) in [6.07, 6.45) is 0. The first-order valence-corrected chi connectivity index (χ1v) is 7.20. The van der Waals surface area contributed by atoms with Crippen molar-refractivity contribution < 1.29 is 5.11 Å². The standard InChI is InChI=1S/C14H12BrCl2NO/c1-8-5-12(17)13(6-11(8)16)18-7-9-3-2-4-10(15)14(9)19/h2-6,18-19H,7H2,1H3. The SMILES string of the molecule is Cc1cc(Cl)c(NCc2cccc(Br)c2O)cc1Cl. The zero-order chi connectivity index (χ0) is 14.0. The van der Waals surface area contributed by atoms with Gasteiger partial charge < -0.3 is 10.4 Å². The third-order valence-electron chi connectivity index (χ3n) is 2.79. The van der Waals surface area contributed by atoms with Crippen molar-refractivity contribution >= 4 is 44.8 Å². The first-order chi connectivity index (χ1) is 8.99. The Labute approximate surface area is 130 Å². The van der Waals surface area contributed by atoms with Crippen molar-refractivity contribution in [2.24, 2.45) is 0 Å². The van der Waals surface area contributed by atoms with Gasteiger partial charge in [0.1, 0.15) is 5.75 Å². The van der Waals surface area contributed by atoms with E-state index in [-0.39, 0.29) is 5.75 Å². The van der Waals surface area contributed by atoms with Gasteiger partial charge in [0.05, 0.1) is 15.2 Å². The van der Waals surface area contributed by atoms with Gasteiger partial charge in [0, 0.05) is 17.1 Å². The Kier molecular flexibility index (Phi) is 4.61. The Morgan fingerprint density at radius 1 is 1.21 bits per heavy atom. The van der Waals surface area contributed by atoms with Gasteiger partial charge in [-0.1, -0.05) is 35.3 Å². The summed E-state index contributed by atoms with van der Waals surface area (Å²) >= 11 is 15.5. The third-order valence-corrected chi connectivity index (χ3v) is 4.15. The van der Waals surface area contributed by atoms with Crippen molar-refractivity contribution in [1.82, 2.24) is 0 Å². The quantitative estimate of drug-likeness (QED) is 0.769. The largest absolute Gasteiger partial charge is 0.506 e. The van der Waals surface area contributed by atoms with Gasteiger partial charge in [0.15, 0.2) is 0 Å². The van der Waals surface area contributed by atoms with E-state index in [1.807, 2.05) is 25.1 Å². The highest BCUT2D eigenvalue weighted by Gasteiger charge is 2.07. The Hall–Kier alpha value is -0.900. The summed E-state index contributed by atoms with van der Waals surface area (Å²) in [5.74, 6) is 0.226. The van der Waals surface area contributed by atoms with E-state index in [0.29, 0.717) is 21.1 Å². The number of rotatable bonds is 3. The van der Waals surface area contributed by atoms with E-state index in [1.54, 1.807) is 12.1 Å². The maximum absolute atomic E-state index is 9.90. The number of halogens is 3. The molecule has 0 saturated carbocycles. The van der Waals surface area contributed by atoms with Crippen LogP contribution in [0.1, 0.15) is 11.1 Å². The van der Waals surface area contributed by atoms with E-state index in [0.717, 1.165) is 16.8 Å². The van der Waals surface area contributed by atoms with Gasteiger partial charge in [-0.3, -0.25) is 0 Å². The predicted octanol–water partition coefficient (Wildman–Crippen LogP) is 5.38. The van der Waals surface area contributed by atoms with Gasteiger partial charge in [-0.15, -0.1) is 0 Å². The highest BCUT2D eigenvalue weighted by molar-refractivity contribution is 9.10. The summed E-state index contributed by atoms with van der Waals surface area (Å²) in [4.78, 5) is 0. The molecular formula is C14H12BrCl2NO. The normalized spacial score (nSPS) is 10.5. The number of nitrogens with one attached hydrogen (secondary N) is 1. The molecule has 100 valence electrons. The van der Waals surface area contributed by atoms with Crippen LogP contribution in [0.4, 0.5) is 5.69 Å². The zero-order valence-corrected chi connectivity index (χ0v) is 13.3. The highest BCUT2D eigenvalue weighted by Crippen LogP contribution is 2.31. The number of benzene rings is 2. The minimum atomic E-state index is 0.226. The summed E-state index contributed by atoms with van der Waals surface area (Å²) < 4.78 is 0.667. The van der Waals surface area contributed by atoms with E-state index in [1.165, 1.54) is 0 Å². The Morgan fingerprint density at radius 2 is 1.95 bits per heavy atom. The molecule has 2 aromatic rings. The molecule has 5 heteroatoms. The topological polar surface area (TPSA) is 32.3 Å². The number of aromatic hydroxyl groups is 1. The molecule has 0 saturated heterocycles. The fourth-order valence-corrected chi connectivity index (χ4v) is 2.53. The number of phenolic OH excluding ortho intramolecular Hbond substituents is 1. The molecule has 0 unspecified atom stereocenters. The molecule has 2 nitrogen and oxygen atoms in total. The lowest BCUT2D eigenvalue weighted by molar-refractivity contribution is 0.465. The number of para-hydroxylation sites is 1. The lowest BCUT2D eigenvalue weighted by atomic mass is 10.2. The Morgan fingerprint density at radius 3 is 2.68 bits per heavy atom. The van der Waals surface area contributed by atoms with Crippen LogP contribution in [0.25, 0.3) is 0 Å². The number of hydrogen-bond acceptors (Lipinski definition) is 2. The Balaban J connectivity index is 2.19. The van der Waals surface area contributed by atoms with Crippen LogP contribution in [0, 0.1) is 6.92 Å². The van der Waals surface area contributed by atoms with E-state index in [2.05, 4.69) is 21.2 Å². The minimum Gasteiger partial charge on any atom is -0.506 e. The molecule has 0 atom stereocenters. The van der Waals surface area contributed by atoms with Crippen LogP contribution in [0.2, 0.25) is 10.0 Å². The molecule has 0 aliphatic carbocycles. The van der Waals surface area contributed by atoms with Gasteiger partial charge in [-0.25, -0.2) is 0 Å². The number of aryl methyl sites for hydroxylation is 1. The third kappa shape index (κ3) is 3.35. The van der Waals surface area contributed by atoms with Crippen LogP contribution in [-0.4, -0.2) is 5.11 Å². The van der Waals surface area contributed by atoms with Crippen molar-refractivity contribution in [1.29, 1.82) is 0 Å². The molecule has 0 aliphatic heterocycles. The van der Waals surface area contributed by atoms with Crippen LogP contribution in [0.15, 0.2) is 34.8 Å². The molecule has 0 amide bonds. The van der Waals surface area contributed by atoms with E-state index in [9.17, 15) is 5.11 Å². The van der Waals surface area contributed by atoms with Crippen LogP contribution >= 0.6 is 39.1 Å². The van der Waals surface area contributed by atoms with Gasteiger partial charge in [-0.05, 0) is 46.6 Å². The van der Waals surface area contributed by atoms with Gasteiger partial charge in [-0.2, -0.15) is 0 Å². The first-order valence-electron chi connectivity index (χ1n) is 5.65. The number of phenols is 1. The van der Waals surface area contributed by atoms with Crippen LogP contribution in [-0.2, 0) is 6.54 Å². The second-order valence-corrected chi connectivity index (χ2v) is 5.85. The molecule has 0 aromatic heterocycles. The summed E-state index contributed by atoms with van der Waals surface area (Å²) in [7, 11) is 0. The average molecular weight is 361 g/mol. The molecule has 2 aromatic carbocycles. The minimum absolute atomic E-state index is 0.226. The second-order valence-electron chi connectivity index (χ2n) is 4.18. The lowest BCUT2D eigenvalue weighted by Gasteiger charge is -2.12. The maximum atomic E-state index is 9.90. The monoisotopic (exact) mass is 359 g/mol. The molecular weight excluding hydrogens is 349 g/mol. The molecule has 2 rings (SSSR count). The summed E-state index contributed by atoms with van der Waals surface area (Å²) in [5, 5.41) is 14.3. The molecule has 0 radical (unpaired) electrons. The van der Waals surface area contributed by atoms with Gasteiger partial charge >= 0.3 is 0 Å². The molecule has 0 bridgehead atoms. The van der Waals surface area contributed by atoms with Crippen LogP contribution < -0.4 is 5.32 Å². The van der Waals surface area contributed by atoms with Crippen molar-refractivity contribution in [2.75, 3.05) is 5.32 Å². The summed E-state index contributed by atoms with van der Waals surface area (Å²) in [6, 6.07) is 9.09. The van der Waals surface area contributed by atoms with Crippen molar-refractivity contribution in [3.63, 3.8) is 0 Å². The van der Waals surface area contributed by atoms with Crippen LogP contribution in [0.5, 0.6) is 5.75 Å². The lowest BCUT2D eigenvalue weighted by Crippen LogP contribution is -2.01. The first kappa shape index (κ1) is 14.5. The number of anilines is 1. The molecule has 0 fully saturated rings. The molecule has 2 N–H and O–H groups in total. The molecule has 0 heterocycles. The molecule has 19 heavy (non-hydrogen) atoms. The van der Waals surface area contributed by atoms with Crippen molar-refractivity contribution in [2.45, 2.75) is 13.5 Å². The maximum Gasteiger partial charge on any atom is 0.134 e. The summed E-state index contributed by atoms with van der Waals surface area (Å²) in [5.41, 5.74) is 2.46. The van der Waals surface area contributed by atoms with Crippen molar-refractivity contribution in [3.8, 4) is 5.75 Å². The van der Waals surface area contributed by atoms with Crippen molar-refractivity contribution in [3.05, 3.63) is 56.0 Å². The summed E-state index contributed by atoms with van der Waals surface area (Å²) in [6.45, 7) is 2.36.